The van der Waals surface area contributed by atoms with Crippen LogP contribution in [0.2, 0.25) is 0 Å². The molecule has 334 valence electrons. The number of likely N-dealkylation sites (N-methyl/N-ethyl adjacent to an activating group) is 2. The Bertz CT molecular complexity index is 1830. The van der Waals surface area contributed by atoms with E-state index in [9.17, 15) is 24.3 Å². The van der Waals surface area contributed by atoms with Crippen LogP contribution in [-0.2, 0) is 39.9 Å². The van der Waals surface area contributed by atoms with Crippen molar-refractivity contribution >= 4 is 23.6 Å². The molecule has 3 aliphatic heterocycles. The van der Waals surface area contributed by atoms with Crippen LogP contribution in [-0.4, -0.2) is 152 Å². The number of amides is 2. The molecular weight excluding hydrogens is 776 g/mol. The number of fused-ring (bicyclic) bond motifs is 1. The summed E-state index contributed by atoms with van der Waals surface area (Å²) in [4.78, 5) is 71.3. The van der Waals surface area contributed by atoms with Crippen molar-refractivity contribution in [3.05, 3.63) is 37.1 Å². The van der Waals surface area contributed by atoms with Crippen LogP contribution in [0.1, 0.15) is 87.5 Å². The van der Waals surface area contributed by atoms with Crippen LogP contribution in [0.4, 0.5) is 9.18 Å². The molecule has 3 fully saturated rings. The number of nitrogens with zero attached hydrogens (tertiary/aromatic N) is 6. The van der Waals surface area contributed by atoms with Gasteiger partial charge in [-0.25, -0.2) is 19.0 Å². The average Bonchev–Trinajstić information content (AvgIpc) is 3.77. The maximum absolute atomic E-state index is 17.0. The number of urea groups is 1. The lowest BCUT2D eigenvalue weighted by Gasteiger charge is -2.48. The topological polar surface area (TPSA) is 166 Å². The monoisotopic (exact) mass is 842 g/mol. The minimum Gasteiger partial charge on any atom is -0.457 e. The van der Waals surface area contributed by atoms with E-state index in [-0.39, 0.29) is 36.8 Å². The predicted molar refractivity (Wildman–Crippen MR) is 221 cm³/mol. The number of cyclic esters (lactones) is 1. The van der Waals surface area contributed by atoms with Gasteiger partial charge in [0.05, 0.1) is 41.4 Å². The van der Waals surface area contributed by atoms with Crippen LogP contribution in [0.3, 0.4) is 0 Å². The van der Waals surface area contributed by atoms with Gasteiger partial charge in [0.1, 0.15) is 18.0 Å². The number of aliphatic hydroxyl groups excluding tert-OH is 1. The molecule has 1 N–H and O–H groups in total. The largest absolute Gasteiger partial charge is 0.457 e. The van der Waals surface area contributed by atoms with Crippen LogP contribution < -0.4 is 0 Å². The number of hydrogen-bond donors (Lipinski definition) is 1. The lowest BCUT2D eigenvalue weighted by atomic mass is 9.72. The molecule has 2 amide bonds. The smallest absolute Gasteiger partial charge is 0.351 e. The van der Waals surface area contributed by atoms with Gasteiger partial charge in [-0.15, -0.1) is 0 Å². The van der Waals surface area contributed by atoms with Gasteiger partial charge in [0.2, 0.25) is 0 Å². The number of unbranched alkanes of at least 4 members (excludes halogenated alkanes) is 1. The Balaban J connectivity index is 1.48. The molecule has 0 unspecified atom stereocenters. The predicted octanol–water partition coefficient (Wildman–Crippen LogP) is 4.94. The highest BCUT2D eigenvalue weighted by Gasteiger charge is 2.62. The van der Waals surface area contributed by atoms with Gasteiger partial charge in [0.25, 0.3) is 5.67 Å². The summed E-state index contributed by atoms with van der Waals surface area (Å²) in [7, 11) is 6.69. The summed E-state index contributed by atoms with van der Waals surface area (Å²) < 4.78 is 43.7. The Kier molecular flexibility index (Phi) is 14.7. The van der Waals surface area contributed by atoms with Crippen molar-refractivity contribution in [1.82, 2.24) is 29.2 Å². The molecule has 0 radical (unpaired) electrons. The summed E-state index contributed by atoms with van der Waals surface area (Å²) in [5, 5.41) is 11.4. The maximum Gasteiger partial charge on any atom is 0.351 e. The number of aryl methyl sites for hydroxylation is 1. The van der Waals surface area contributed by atoms with Crippen molar-refractivity contribution in [2.45, 2.75) is 154 Å². The number of rotatable bonds is 11. The molecule has 0 aliphatic carbocycles. The molecule has 15 nitrogen and oxygen atoms in total. The van der Waals surface area contributed by atoms with Crippen LogP contribution in [0.15, 0.2) is 37.1 Å². The summed E-state index contributed by atoms with van der Waals surface area (Å²) in [6.45, 7) is 13.9. The van der Waals surface area contributed by atoms with Gasteiger partial charge >= 0.3 is 12.0 Å². The molecule has 3 aliphatic rings. The van der Waals surface area contributed by atoms with Crippen LogP contribution >= 0.6 is 0 Å². The van der Waals surface area contributed by atoms with Crippen molar-refractivity contribution in [3.63, 3.8) is 0 Å². The zero-order chi connectivity index (χ0) is 44.5. The molecule has 60 heavy (non-hydrogen) atoms. The van der Waals surface area contributed by atoms with Crippen LogP contribution in [0, 0.1) is 17.8 Å². The number of aliphatic hydroxyl groups is 1. The highest BCUT2D eigenvalue weighted by atomic mass is 19.1. The Labute approximate surface area is 354 Å². The van der Waals surface area contributed by atoms with Crippen LogP contribution in [0.5, 0.6) is 0 Å². The molecule has 0 saturated carbocycles. The number of pyridine rings is 1. The van der Waals surface area contributed by atoms with Crippen molar-refractivity contribution in [2.24, 2.45) is 17.8 Å². The molecule has 3 saturated heterocycles. The third-order valence-electron chi connectivity index (χ3n) is 13.6. The number of methoxy groups -OCH3 is 1. The summed E-state index contributed by atoms with van der Waals surface area (Å²) in [5.41, 5.74) is -4.18. The Morgan fingerprint density at radius 2 is 1.73 bits per heavy atom. The van der Waals surface area contributed by atoms with Gasteiger partial charge in [-0.2, -0.15) is 0 Å². The Morgan fingerprint density at radius 1 is 1.05 bits per heavy atom. The number of hydrogen-bond acceptors (Lipinski definition) is 12. The van der Waals surface area contributed by atoms with E-state index in [0.717, 1.165) is 18.2 Å². The fourth-order valence-corrected chi connectivity index (χ4v) is 9.91. The highest BCUT2D eigenvalue weighted by Crippen LogP contribution is 2.44. The summed E-state index contributed by atoms with van der Waals surface area (Å²) in [6, 6.07) is 2.29. The molecule has 2 aromatic heterocycles. The average molecular weight is 843 g/mol. The summed E-state index contributed by atoms with van der Waals surface area (Å²) >= 11 is 0. The molecule has 2 aromatic rings. The number of ether oxygens (including phenoxy) is 4. The first-order valence-electron chi connectivity index (χ1n) is 21.3. The molecule has 16 heteroatoms. The maximum atomic E-state index is 17.0. The third-order valence-corrected chi connectivity index (χ3v) is 13.6. The van der Waals surface area contributed by atoms with E-state index in [1.807, 2.05) is 48.8 Å². The SMILES string of the molecule is CC[C@H]1OC(=O)[C@@](C)(F)C(=O)[C@H](C)[C@@H](O[C@@H]2O[C@H](C)C[C@H](N(C)C)[C@H]2O)[C@](C)(OC)C[C@@H](C)C(=O)[C@H](C)[C@H]2N(CCCCn3cnc(-c4cccnc4)c3)C(=O)N(C)[C@]12C. The Morgan fingerprint density at radius 3 is 2.35 bits per heavy atom. The first-order valence-corrected chi connectivity index (χ1v) is 21.3. The van der Waals surface area contributed by atoms with E-state index >= 15 is 4.39 Å². The molecule has 0 spiro atoms. The van der Waals surface area contributed by atoms with Gasteiger partial charge in [-0.05, 0) is 86.0 Å². The van der Waals surface area contributed by atoms with Crippen LogP contribution in [0.25, 0.3) is 11.3 Å². The molecule has 0 aromatic carbocycles. The third kappa shape index (κ3) is 9.04. The molecular formula is C44H67FN6O9. The normalized spacial score (nSPS) is 37.3. The van der Waals surface area contributed by atoms with E-state index < -0.39 is 77.0 Å². The van der Waals surface area contributed by atoms with Gasteiger partial charge in [-0.3, -0.25) is 14.6 Å². The number of carbonyl (C=O) groups excluding carboxylic acids is 4. The van der Waals surface area contributed by atoms with Gasteiger partial charge < -0.3 is 43.3 Å². The van der Waals surface area contributed by atoms with E-state index in [0.29, 0.717) is 32.4 Å². The Hall–Kier alpha value is -3.83. The summed E-state index contributed by atoms with van der Waals surface area (Å²) in [5.74, 6) is -5.54. The number of Topliss-reactive ketones (excluding diaryl/α,β-unsaturated/α-hetero) is 2. The second-order valence-corrected chi connectivity index (χ2v) is 18.1. The van der Waals surface area contributed by atoms with Gasteiger partial charge in [0.15, 0.2) is 12.1 Å². The molecule has 13 atom stereocenters. The summed E-state index contributed by atoms with van der Waals surface area (Å²) in [6.07, 6.45) is 4.01. The fraction of sp³-hybridized carbons (Fsp3) is 0.727. The zero-order valence-corrected chi connectivity index (χ0v) is 37.5. The minimum atomic E-state index is -3.15. The second-order valence-electron chi connectivity index (χ2n) is 18.1. The molecule has 0 bridgehead atoms. The van der Waals surface area contributed by atoms with E-state index in [1.54, 1.807) is 65.3 Å². The highest BCUT2D eigenvalue weighted by molar-refractivity contribution is 6.08. The number of imidazole rings is 1. The number of aromatic nitrogens is 3. The quantitative estimate of drug-likeness (QED) is 0.184. The minimum absolute atomic E-state index is 0.0221. The standard InChI is InChI=1S/C44H67FN6O9/c1-13-33-44(8)36(51(41(56)49(44)11)20-15-14-19-50-24-31(47-25-50)30-17-16-18-46-23-30)28(4)34(52)26(2)22-42(6,57-12)38(29(5)37(54)43(7,45)40(55)59-33)60-39-35(53)32(48(9)10)21-27(3)58-39/h16-18,23-29,32-33,35-36,38-39,53H,13-15,19-22H2,1-12H3/t26-,27-,28+,29+,32+,33-,35-,36-,38-,39+,42-,43+,44-/m1/s1. The fourth-order valence-electron chi connectivity index (χ4n) is 9.91. The number of esters is 1. The lowest BCUT2D eigenvalue weighted by Crippen LogP contribution is -2.63. The molecule has 5 rings (SSSR count). The van der Waals surface area contributed by atoms with Crippen molar-refractivity contribution in [1.29, 1.82) is 0 Å². The van der Waals surface area contributed by atoms with Gasteiger partial charge in [0, 0.05) is 75.2 Å². The number of halogens is 1. The number of carbonyl (C=O) groups is 4. The number of alkyl halides is 1. The van der Waals surface area contributed by atoms with Crippen molar-refractivity contribution in [2.75, 3.05) is 34.8 Å². The first-order chi connectivity index (χ1) is 28.1. The van der Waals surface area contributed by atoms with Crippen molar-refractivity contribution in [3.8, 4) is 11.3 Å². The second kappa shape index (κ2) is 18.6. The zero-order valence-electron chi connectivity index (χ0n) is 37.5. The van der Waals surface area contributed by atoms with Crippen molar-refractivity contribution < 1.29 is 47.6 Å². The lowest BCUT2D eigenvalue weighted by molar-refractivity contribution is -0.295. The number of ketones is 2. The van der Waals surface area contributed by atoms with Gasteiger partial charge in [-0.1, -0.05) is 27.7 Å². The van der Waals surface area contributed by atoms with E-state index in [4.69, 9.17) is 18.9 Å². The first kappa shape index (κ1) is 47.2. The molecule has 5 heterocycles. The van der Waals surface area contributed by atoms with E-state index in [2.05, 4.69) is 9.97 Å². The van der Waals surface area contributed by atoms with E-state index in [1.165, 1.54) is 18.9 Å².